The van der Waals surface area contributed by atoms with Crippen LogP contribution in [0.15, 0.2) is 30.3 Å². The molecule has 1 aliphatic rings. The lowest BCUT2D eigenvalue weighted by atomic mass is 10.1. The maximum atomic E-state index is 12.1. The minimum absolute atomic E-state index is 0.110. The van der Waals surface area contributed by atoms with Crippen LogP contribution < -0.4 is 0 Å². The van der Waals surface area contributed by atoms with E-state index in [1.807, 2.05) is 39.0 Å². The highest BCUT2D eigenvalue weighted by Crippen LogP contribution is 2.33. The lowest BCUT2D eigenvalue weighted by molar-refractivity contribution is -0.155. The number of rotatable bonds is 5. The topological polar surface area (TPSA) is 38.5 Å². The van der Waals surface area contributed by atoms with E-state index in [-0.39, 0.29) is 18.1 Å². The Hall–Kier alpha value is -1.39. The number of esters is 1. The predicted molar refractivity (Wildman–Crippen MR) is 77.4 cm³/mol. The summed E-state index contributed by atoms with van der Waals surface area (Å²) in [6.45, 7) is 6.98. The number of benzene rings is 1. The molecule has 1 fully saturated rings. The fourth-order valence-electron chi connectivity index (χ4n) is 2.29. The van der Waals surface area contributed by atoms with E-state index in [0.717, 1.165) is 6.54 Å². The lowest BCUT2D eigenvalue weighted by Crippen LogP contribution is -2.29. The first-order valence-corrected chi connectivity index (χ1v) is 6.95. The number of methoxy groups -OCH3 is 1. The Morgan fingerprint density at radius 1 is 1.35 bits per heavy atom. The minimum Gasteiger partial charge on any atom is -0.459 e. The first-order chi connectivity index (χ1) is 9.42. The number of ether oxygens (including phenoxy) is 2. The van der Waals surface area contributed by atoms with Gasteiger partial charge < -0.3 is 9.47 Å². The van der Waals surface area contributed by atoms with Crippen LogP contribution in [-0.2, 0) is 14.3 Å². The van der Waals surface area contributed by atoms with Crippen LogP contribution in [0, 0.1) is 0 Å². The molecule has 3 atom stereocenters. The molecule has 0 spiro atoms. The second-order valence-electron chi connectivity index (χ2n) is 6.13. The van der Waals surface area contributed by atoms with Gasteiger partial charge in [0.25, 0.3) is 0 Å². The van der Waals surface area contributed by atoms with Gasteiger partial charge in [0.05, 0.1) is 12.6 Å². The summed E-state index contributed by atoms with van der Waals surface area (Å²) in [4.78, 5) is 14.2. The predicted octanol–water partition coefficient (Wildman–Crippen LogP) is 2.40. The highest BCUT2D eigenvalue weighted by molar-refractivity contribution is 5.79. The van der Waals surface area contributed by atoms with Gasteiger partial charge in [-0.2, -0.15) is 0 Å². The van der Waals surface area contributed by atoms with Gasteiger partial charge in [0.1, 0.15) is 11.6 Å². The summed E-state index contributed by atoms with van der Waals surface area (Å²) in [5.41, 5.74) is 0.731. The molecule has 1 aliphatic heterocycles. The molecule has 110 valence electrons. The number of hydrogen-bond donors (Lipinski definition) is 0. The summed E-state index contributed by atoms with van der Waals surface area (Å²) in [7, 11) is 1.68. The van der Waals surface area contributed by atoms with Crippen molar-refractivity contribution < 1.29 is 14.3 Å². The van der Waals surface area contributed by atoms with Crippen molar-refractivity contribution in [3.63, 3.8) is 0 Å². The van der Waals surface area contributed by atoms with Crippen LogP contribution >= 0.6 is 0 Å². The molecule has 0 N–H and O–H groups in total. The van der Waals surface area contributed by atoms with Gasteiger partial charge in [-0.25, -0.2) is 0 Å². The Morgan fingerprint density at radius 3 is 2.55 bits per heavy atom. The number of hydrogen-bond acceptors (Lipinski definition) is 4. The molecular formula is C16H23NO3. The molecule has 4 nitrogen and oxygen atoms in total. The van der Waals surface area contributed by atoms with Crippen molar-refractivity contribution in [3.05, 3.63) is 35.9 Å². The zero-order valence-corrected chi connectivity index (χ0v) is 12.6. The average Bonchev–Trinajstić information content (AvgIpc) is 3.15. The SMILES string of the molecule is COC[C@@H](c1ccccc1)N1C[C@@H]1C(=O)OC(C)(C)C. The van der Waals surface area contributed by atoms with Crippen LogP contribution in [0.2, 0.25) is 0 Å². The van der Waals surface area contributed by atoms with Crippen molar-refractivity contribution in [1.29, 1.82) is 0 Å². The molecule has 1 aromatic rings. The number of nitrogens with zero attached hydrogens (tertiary/aromatic N) is 1. The van der Waals surface area contributed by atoms with Gasteiger partial charge in [-0.05, 0) is 26.3 Å². The second-order valence-corrected chi connectivity index (χ2v) is 6.13. The highest BCUT2D eigenvalue weighted by Gasteiger charge is 2.47. The monoisotopic (exact) mass is 277 g/mol. The summed E-state index contributed by atoms with van der Waals surface area (Å²) in [5.74, 6) is -0.144. The highest BCUT2D eigenvalue weighted by atomic mass is 16.6. The van der Waals surface area contributed by atoms with Crippen molar-refractivity contribution in [2.75, 3.05) is 20.3 Å². The van der Waals surface area contributed by atoms with Crippen molar-refractivity contribution >= 4 is 5.97 Å². The van der Waals surface area contributed by atoms with E-state index in [9.17, 15) is 4.79 Å². The Labute approximate surface area is 120 Å². The van der Waals surface area contributed by atoms with Gasteiger partial charge in [-0.15, -0.1) is 0 Å². The summed E-state index contributed by atoms with van der Waals surface area (Å²) in [6.07, 6.45) is 0. The van der Waals surface area contributed by atoms with Crippen LogP contribution in [-0.4, -0.2) is 42.8 Å². The van der Waals surface area contributed by atoms with Crippen LogP contribution in [0.3, 0.4) is 0 Å². The quantitative estimate of drug-likeness (QED) is 0.612. The molecule has 2 rings (SSSR count). The summed E-state index contributed by atoms with van der Waals surface area (Å²) < 4.78 is 10.7. The molecule has 1 saturated heterocycles. The van der Waals surface area contributed by atoms with E-state index in [1.54, 1.807) is 7.11 Å². The minimum atomic E-state index is -0.436. The fraction of sp³-hybridized carbons (Fsp3) is 0.562. The molecule has 4 heteroatoms. The number of carbonyl (C=O) groups is 1. The Morgan fingerprint density at radius 2 is 2.00 bits per heavy atom. The van der Waals surface area contributed by atoms with E-state index < -0.39 is 5.60 Å². The van der Waals surface area contributed by atoms with E-state index in [0.29, 0.717) is 6.61 Å². The molecule has 1 unspecified atom stereocenters. The van der Waals surface area contributed by atoms with Crippen LogP contribution in [0.5, 0.6) is 0 Å². The summed E-state index contributed by atoms with van der Waals surface area (Å²) in [6, 6.07) is 10.1. The second kappa shape index (κ2) is 5.94. The molecule has 0 aromatic heterocycles. The average molecular weight is 277 g/mol. The first-order valence-electron chi connectivity index (χ1n) is 6.95. The van der Waals surface area contributed by atoms with E-state index in [1.165, 1.54) is 5.56 Å². The van der Waals surface area contributed by atoms with Crippen LogP contribution in [0.1, 0.15) is 32.4 Å². The van der Waals surface area contributed by atoms with E-state index in [2.05, 4.69) is 17.0 Å². The molecular weight excluding hydrogens is 254 g/mol. The van der Waals surface area contributed by atoms with Crippen LogP contribution in [0.4, 0.5) is 0 Å². The third kappa shape index (κ3) is 3.81. The van der Waals surface area contributed by atoms with Crippen molar-refractivity contribution in [2.24, 2.45) is 0 Å². The van der Waals surface area contributed by atoms with Gasteiger partial charge in [-0.1, -0.05) is 30.3 Å². The van der Waals surface area contributed by atoms with Crippen molar-refractivity contribution in [3.8, 4) is 0 Å². The zero-order chi connectivity index (χ0) is 14.8. The Kier molecular flexibility index (Phi) is 4.45. The van der Waals surface area contributed by atoms with E-state index >= 15 is 0 Å². The maximum absolute atomic E-state index is 12.1. The molecule has 0 saturated carbocycles. The fourth-order valence-corrected chi connectivity index (χ4v) is 2.29. The Balaban J connectivity index is 2.02. The molecule has 0 radical (unpaired) electrons. The maximum Gasteiger partial charge on any atom is 0.325 e. The molecule has 0 aliphatic carbocycles. The van der Waals surface area contributed by atoms with Crippen molar-refractivity contribution in [1.82, 2.24) is 4.90 Å². The van der Waals surface area contributed by atoms with Gasteiger partial charge in [0, 0.05) is 13.7 Å². The van der Waals surface area contributed by atoms with Gasteiger partial charge in [0.15, 0.2) is 0 Å². The standard InChI is InChI=1S/C16H23NO3/c1-16(2,3)20-15(18)13-10-17(13)14(11-19-4)12-8-6-5-7-9-12/h5-9,13-14H,10-11H2,1-4H3/t13-,14+,17?/m1/s1. The summed E-state index contributed by atoms with van der Waals surface area (Å²) in [5, 5.41) is 0. The third-order valence-corrected chi connectivity index (χ3v) is 3.24. The smallest absolute Gasteiger partial charge is 0.325 e. The third-order valence-electron chi connectivity index (χ3n) is 3.24. The zero-order valence-electron chi connectivity index (χ0n) is 12.6. The van der Waals surface area contributed by atoms with E-state index in [4.69, 9.17) is 9.47 Å². The largest absolute Gasteiger partial charge is 0.459 e. The molecule has 0 amide bonds. The Bertz CT molecular complexity index is 453. The molecule has 20 heavy (non-hydrogen) atoms. The van der Waals surface area contributed by atoms with Crippen LogP contribution in [0.25, 0.3) is 0 Å². The van der Waals surface area contributed by atoms with Gasteiger partial charge in [0.2, 0.25) is 0 Å². The summed E-state index contributed by atoms with van der Waals surface area (Å²) >= 11 is 0. The molecule has 1 heterocycles. The molecule has 0 bridgehead atoms. The molecule has 1 aromatic carbocycles. The first kappa shape index (κ1) is 15.0. The van der Waals surface area contributed by atoms with Gasteiger partial charge in [-0.3, -0.25) is 9.69 Å². The normalized spacial score (nSPS) is 23.2. The van der Waals surface area contributed by atoms with Gasteiger partial charge >= 0.3 is 5.97 Å². The number of carbonyl (C=O) groups excluding carboxylic acids is 1. The van der Waals surface area contributed by atoms with Crippen molar-refractivity contribution in [2.45, 2.75) is 38.5 Å². The lowest BCUT2D eigenvalue weighted by Gasteiger charge is -2.21.